The molecule has 0 unspecified atom stereocenters. The van der Waals surface area contributed by atoms with Gasteiger partial charge in [0.25, 0.3) is 0 Å². The molecule has 3 nitrogen and oxygen atoms in total. The summed E-state index contributed by atoms with van der Waals surface area (Å²) in [7, 11) is 0. The van der Waals surface area contributed by atoms with Gasteiger partial charge in [-0.1, -0.05) is 48.6 Å². The van der Waals surface area contributed by atoms with Crippen molar-refractivity contribution in [1.29, 1.82) is 0 Å². The molecule has 0 amide bonds. The molecule has 0 fully saturated rings. The zero-order valence-corrected chi connectivity index (χ0v) is 9.88. The maximum atomic E-state index is 11.0. The molecule has 3 heteroatoms. The Morgan fingerprint density at radius 3 is 2.78 bits per heavy atom. The number of nitrogens with zero attached hydrogens (tertiary/aromatic N) is 1. The molecule has 2 aliphatic rings. The molecule has 3 N–H and O–H groups in total. The van der Waals surface area contributed by atoms with Crippen molar-refractivity contribution in [3.05, 3.63) is 71.5 Å². The van der Waals surface area contributed by atoms with Crippen LogP contribution in [0.4, 0.5) is 0 Å². The molecule has 0 spiro atoms. The summed E-state index contributed by atoms with van der Waals surface area (Å²) in [5.41, 5.74) is 6.93. The molecule has 1 aliphatic heterocycles. The van der Waals surface area contributed by atoms with Crippen LogP contribution in [0.15, 0.2) is 70.9 Å². The minimum atomic E-state index is -1.29. The van der Waals surface area contributed by atoms with Gasteiger partial charge in [-0.2, -0.15) is 0 Å². The summed E-state index contributed by atoms with van der Waals surface area (Å²) in [6.07, 6.45) is 8.59. The summed E-state index contributed by atoms with van der Waals surface area (Å²) in [4.78, 5) is 4.29. The van der Waals surface area contributed by atoms with Crippen LogP contribution in [0.2, 0.25) is 0 Å². The first-order valence-corrected chi connectivity index (χ1v) is 5.93. The lowest BCUT2D eigenvalue weighted by Gasteiger charge is -2.25. The highest BCUT2D eigenvalue weighted by Gasteiger charge is 2.44. The fourth-order valence-electron chi connectivity index (χ4n) is 2.38. The summed E-state index contributed by atoms with van der Waals surface area (Å²) in [6.45, 7) is 0. The van der Waals surface area contributed by atoms with Gasteiger partial charge < -0.3 is 10.8 Å². The van der Waals surface area contributed by atoms with Crippen molar-refractivity contribution in [3.63, 3.8) is 0 Å². The van der Waals surface area contributed by atoms with Crippen molar-refractivity contribution in [2.45, 2.75) is 12.0 Å². The lowest BCUT2D eigenvalue weighted by Crippen LogP contribution is -2.39. The number of rotatable bonds is 1. The lowest BCUT2D eigenvalue weighted by molar-refractivity contribution is 0.157. The highest BCUT2D eigenvalue weighted by molar-refractivity contribution is 5.98. The highest BCUT2D eigenvalue weighted by Crippen LogP contribution is 2.41. The SMILES string of the molecule is NC1=NC2=CC=CCC=C2[C@@]1(O)c1ccccc1. The number of hydrogen-bond acceptors (Lipinski definition) is 3. The summed E-state index contributed by atoms with van der Waals surface area (Å²) < 4.78 is 0. The van der Waals surface area contributed by atoms with Gasteiger partial charge in [0, 0.05) is 5.57 Å². The third kappa shape index (κ3) is 1.45. The van der Waals surface area contributed by atoms with Crippen molar-refractivity contribution in [2.75, 3.05) is 0 Å². The van der Waals surface area contributed by atoms with Gasteiger partial charge in [-0.15, -0.1) is 0 Å². The molecule has 3 rings (SSSR count). The van der Waals surface area contributed by atoms with E-state index >= 15 is 0 Å². The van der Waals surface area contributed by atoms with Crippen LogP contribution in [0.25, 0.3) is 0 Å². The Kier molecular flexibility index (Phi) is 2.42. The van der Waals surface area contributed by atoms with Gasteiger partial charge in [0.05, 0.1) is 5.70 Å². The fraction of sp³-hybridized carbons (Fsp3) is 0.133. The second kappa shape index (κ2) is 3.96. The van der Waals surface area contributed by atoms with E-state index in [1.807, 2.05) is 54.6 Å². The number of hydrogen-bond donors (Lipinski definition) is 2. The van der Waals surface area contributed by atoms with Crippen molar-refractivity contribution in [1.82, 2.24) is 0 Å². The van der Waals surface area contributed by atoms with Crippen molar-refractivity contribution in [2.24, 2.45) is 10.7 Å². The Labute approximate surface area is 106 Å². The van der Waals surface area contributed by atoms with Crippen LogP contribution in [0, 0.1) is 0 Å². The first-order valence-electron chi connectivity index (χ1n) is 5.93. The summed E-state index contributed by atoms with van der Waals surface area (Å²) in [6, 6.07) is 9.42. The van der Waals surface area contributed by atoms with Gasteiger partial charge in [0.15, 0.2) is 5.60 Å². The minimum absolute atomic E-state index is 0.238. The molecule has 1 aliphatic carbocycles. The predicted molar refractivity (Wildman–Crippen MR) is 71.9 cm³/mol. The number of amidine groups is 1. The topological polar surface area (TPSA) is 58.6 Å². The Hall–Kier alpha value is -2.13. The monoisotopic (exact) mass is 238 g/mol. The molecule has 18 heavy (non-hydrogen) atoms. The highest BCUT2D eigenvalue weighted by atomic mass is 16.3. The lowest BCUT2D eigenvalue weighted by atomic mass is 9.85. The molecular weight excluding hydrogens is 224 g/mol. The Morgan fingerprint density at radius 1 is 1.22 bits per heavy atom. The van der Waals surface area contributed by atoms with Gasteiger partial charge in [-0.3, -0.25) is 0 Å². The summed E-state index contributed by atoms with van der Waals surface area (Å²) in [5.74, 6) is 0.238. The molecule has 90 valence electrons. The third-order valence-corrected chi connectivity index (χ3v) is 3.32. The zero-order chi connectivity index (χ0) is 12.6. The van der Waals surface area contributed by atoms with Crippen molar-refractivity contribution < 1.29 is 5.11 Å². The number of benzene rings is 1. The van der Waals surface area contributed by atoms with Crippen LogP contribution in [0.5, 0.6) is 0 Å². The van der Waals surface area contributed by atoms with Gasteiger partial charge >= 0.3 is 0 Å². The molecule has 0 bridgehead atoms. The summed E-state index contributed by atoms with van der Waals surface area (Å²) in [5, 5.41) is 11.0. The molecule has 1 aromatic rings. The van der Waals surface area contributed by atoms with Crippen molar-refractivity contribution in [3.8, 4) is 0 Å². The van der Waals surface area contributed by atoms with Crippen LogP contribution < -0.4 is 5.73 Å². The average Bonchev–Trinajstić information content (AvgIpc) is 2.59. The fourth-order valence-corrected chi connectivity index (χ4v) is 2.38. The first kappa shape index (κ1) is 11.0. The van der Waals surface area contributed by atoms with E-state index in [0.29, 0.717) is 0 Å². The maximum absolute atomic E-state index is 11.0. The molecule has 1 heterocycles. The average molecular weight is 238 g/mol. The second-order valence-corrected chi connectivity index (χ2v) is 4.41. The number of allylic oxidation sites excluding steroid dienone is 4. The van der Waals surface area contributed by atoms with Gasteiger partial charge in [0.2, 0.25) is 0 Å². The van der Waals surface area contributed by atoms with Crippen LogP contribution >= 0.6 is 0 Å². The second-order valence-electron chi connectivity index (χ2n) is 4.41. The van der Waals surface area contributed by atoms with E-state index in [-0.39, 0.29) is 5.84 Å². The maximum Gasteiger partial charge on any atom is 0.174 e. The van der Waals surface area contributed by atoms with Crippen molar-refractivity contribution >= 4 is 5.84 Å². The smallest absolute Gasteiger partial charge is 0.174 e. The molecule has 1 atom stereocenters. The summed E-state index contributed by atoms with van der Waals surface area (Å²) >= 11 is 0. The molecule has 0 aromatic heterocycles. The minimum Gasteiger partial charge on any atom is -0.384 e. The zero-order valence-electron chi connectivity index (χ0n) is 9.88. The van der Waals surface area contributed by atoms with Crippen LogP contribution in [-0.2, 0) is 5.60 Å². The van der Waals surface area contributed by atoms with E-state index in [4.69, 9.17) is 5.73 Å². The predicted octanol–water partition coefficient (Wildman–Crippen LogP) is 2.02. The quantitative estimate of drug-likeness (QED) is 0.786. The van der Waals surface area contributed by atoms with E-state index < -0.39 is 5.60 Å². The first-order chi connectivity index (χ1) is 8.73. The molecule has 1 aromatic carbocycles. The largest absolute Gasteiger partial charge is 0.384 e. The standard InChI is InChI=1S/C15H14N2O/c16-14-15(18,11-7-3-1-4-8-11)12-9-5-2-6-10-13(12)17-14/h1-4,6-10,18H,5H2,(H2,16,17)/t15-/m0/s1. The van der Waals surface area contributed by atoms with Gasteiger partial charge in [0.1, 0.15) is 5.84 Å². The number of aliphatic hydroxyl groups is 1. The van der Waals surface area contributed by atoms with E-state index in [0.717, 1.165) is 23.3 Å². The number of nitrogens with two attached hydrogens (primary N) is 1. The normalized spacial score (nSPS) is 25.9. The Morgan fingerprint density at radius 2 is 2.00 bits per heavy atom. The third-order valence-electron chi connectivity index (χ3n) is 3.32. The van der Waals surface area contributed by atoms with Crippen LogP contribution in [0.3, 0.4) is 0 Å². The van der Waals surface area contributed by atoms with E-state index in [1.165, 1.54) is 0 Å². The van der Waals surface area contributed by atoms with E-state index in [2.05, 4.69) is 4.99 Å². The molecule has 0 saturated heterocycles. The number of aliphatic imine (C=N–C) groups is 1. The van der Waals surface area contributed by atoms with E-state index in [9.17, 15) is 5.11 Å². The Bertz CT molecular complexity index is 596. The Balaban J connectivity index is 2.18. The van der Waals surface area contributed by atoms with Gasteiger partial charge in [-0.05, 0) is 18.1 Å². The van der Waals surface area contributed by atoms with Crippen LogP contribution in [-0.4, -0.2) is 10.9 Å². The molecule has 0 radical (unpaired) electrons. The van der Waals surface area contributed by atoms with Gasteiger partial charge in [-0.25, -0.2) is 4.99 Å². The number of fused-ring (bicyclic) bond motifs is 1. The molecule has 0 saturated carbocycles. The van der Waals surface area contributed by atoms with E-state index in [1.54, 1.807) is 0 Å². The molecular formula is C15H14N2O. The van der Waals surface area contributed by atoms with Crippen LogP contribution in [0.1, 0.15) is 12.0 Å².